The number of hydrogen-bond acceptors (Lipinski definition) is 7. The highest BCUT2D eigenvalue weighted by Gasteiger charge is 2.47. The summed E-state index contributed by atoms with van der Waals surface area (Å²) in [6.45, 7) is 0. The Bertz CT molecular complexity index is 1400. The molecule has 0 aromatic heterocycles. The van der Waals surface area contributed by atoms with Gasteiger partial charge in [0.05, 0.1) is 36.4 Å². The Kier molecular flexibility index (Phi) is 7.22. The summed E-state index contributed by atoms with van der Waals surface area (Å²) < 4.78 is 9.92. The molecule has 1 saturated heterocycles. The number of ketones is 1. The van der Waals surface area contributed by atoms with Crippen LogP contribution in [-0.4, -0.2) is 51.1 Å². The van der Waals surface area contributed by atoms with Gasteiger partial charge in [0.15, 0.2) is 0 Å². The third-order valence-corrected chi connectivity index (χ3v) is 6.46. The molecule has 1 atom stereocenters. The van der Waals surface area contributed by atoms with Crippen LogP contribution in [-0.2, 0) is 14.3 Å². The number of rotatable bonds is 6. The molecule has 4 rings (SSSR count). The summed E-state index contributed by atoms with van der Waals surface area (Å²) in [6, 6.07) is 17.1. The molecule has 1 aliphatic heterocycles. The van der Waals surface area contributed by atoms with Gasteiger partial charge in [0.25, 0.3) is 11.7 Å². The van der Waals surface area contributed by atoms with Gasteiger partial charge in [0, 0.05) is 31.0 Å². The van der Waals surface area contributed by atoms with Crippen LogP contribution in [0.25, 0.3) is 5.76 Å². The van der Waals surface area contributed by atoms with Crippen molar-refractivity contribution in [3.63, 3.8) is 0 Å². The van der Waals surface area contributed by atoms with Crippen LogP contribution in [0.1, 0.15) is 27.5 Å². The Hall–Kier alpha value is -4.30. The van der Waals surface area contributed by atoms with E-state index in [0.717, 1.165) is 5.69 Å². The van der Waals surface area contributed by atoms with Crippen LogP contribution in [0, 0.1) is 0 Å². The van der Waals surface area contributed by atoms with Gasteiger partial charge in [-0.2, -0.15) is 0 Å². The molecule has 190 valence electrons. The zero-order chi connectivity index (χ0) is 26.9. The summed E-state index contributed by atoms with van der Waals surface area (Å²) in [5.74, 6) is -2.14. The third kappa shape index (κ3) is 4.75. The first kappa shape index (κ1) is 25.8. The summed E-state index contributed by atoms with van der Waals surface area (Å²) in [6.07, 6.45) is 0. The molecule has 0 spiro atoms. The van der Waals surface area contributed by atoms with Crippen LogP contribution in [0.5, 0.6) is 5.75 Å². The molecule has 1 heterocycles. The smallest absolute Gasteiger partial charge is 0.337 e. The van der Waals surface area contributed by atoms with E-state index in [9.17, 15) is 19.5 Å². The van der Waals surface area contributed by atoms with Crippen molar-refractivity contribution >= 4 is 46.4 Å². The number of nitrogens with zero attached hydrogens (tertiary/aromatic N) is 2. The van der Waals surface area contributed by atoms with E-state index in [1.165, 1.54) is 37.3 Å². The third-order valence-electron chi connectivity index (χ3n) is 6.16. The zero-order valence-corrected chi connectivity index (χ0v) is 21.4. The van der Waals surface area contributed by atoms with Gasteiger partial charge in [0.2, 0.25) is 0 Å². The number of ether oxygens (including phenoxy) is 2. The minimum atomic E-state index is -0.930. The fraction of sp³-hybridized carbons (Fsp3) is 0.179. The van der Waals surface area contributed by atoms with Crippen molar-refractivity contribution in [2.45, 2.75) is 6.04 Å². The number of carbonyl (C=O) groups is 3. The van der Waals surface area contributed by atoms with Crippen molar-refractivity contribution in [3.05, 3.63) is 94.0 Å². The lowest BCUT2D eigenvalue weighted by Gasteiger charge is -2.26. The first-order valence-corrected chi connectivity index (χ1v) is 11.7. The molecule has 9 heteroatoms. The number of carbonyl (C=O) groups excluding carboxylic acids is 3. The van der Waals surface area contributed by atoms with E-state index in [-0.39, 0.29) is 21.9 Å². The molecule has 1 aliphatic rings. The highest BCUT2D eigenvalue weighted by molar-refractivity contribution is 6.51. The fourth-order valence-corrected chi connectivity index (χ4v) is 4.47. The maximum absolute atomic E-state index is 13.3. The van der Waals surface area contributed by atoms with Gasteiger partial charge in [-0.1, -0.05) is 23.7 Å². The lowest BCUT2D eigenvalue weighted by Crippen LogP contribution is -2.29. The van der Waals surface area contributed by atoms with Crippen molar-refractivity contribution in [2.24, 2.45) is 0 Å². The number of halogens is 1. The monoisotopic (exact) mass is 520 g/mol. The van der Waals surface area contributed by atoms with Crippen LogP contribution in [0.4, 0.5) is 11.4 Å². The highest BCUT2D eigenvalue weighted by atomic mass is 35.5. The number of hydrogen-bond donors (Lipinski definition) is 1. The van der Waals surface area contributed by atoms with E-state index in [4.69, 9.17) is 21.1 Å². The second-order valence-corrected chi connectivity index (χ2v) is 8.95. The molecule has 37 heavy (non-hydrogen) atoms. The SMILES string of the molecule is COC(=O)c1ccc(N2C(=O)C(=O)/C(=C(\O)c3ccc(OC)c(Cl)c3)C2c2ccc(N(C)C)cc2)cc1. The minimum absolute atomic E-state index is 0.0825. The van der Waals surface area contributed by atoms with E-state index in [0.29, 0.717) is 22.6 Å². The fourth-order valence-electron chi connectivity index (χ4n) is 4.21. The van der Waals surface area contributed by atoms with E-state index in [2.05, 4.69) is 0 Å². The van der Waals surface area contributed by atoms with Gasteiger partial charge in [-0.15, -0.1) is 0 Å². The van der Waals surface area contributed by atoms with E-state index in [1.807, 2.05) is 31.1 Å². The van der Waals surface area contributed by atoms with Gasteiger partial charge < -0.3 is 19.5 Å². The van der Waals surface area contributed by atoms with Crippen molar-refractivity contribution in [2.75, 3.05) is 38.1 Å². The predicted octanol–water partition coefficient (Wildman–Crippen LogP) is 4.83. The summed E-state index contributed by atoms with van der Waals surface area (Å²) in [5.41, 5.74) is 2.39. The Morgan fingerprint density at radius 1 is 0.946 bits per heavy atom. The molecule has 1 unspecified atom stereocenters. The summed E-state index contributed by atoms with van der Waals surface area (Å²) in [4.78, 5) is 41.8. The van der Waals surface area contributed by atoms with E-state index >= 15 is 0 Å². The Morgan fingerprint density at radius 3 is 2.11 bits per heavy atom. The summed E-state index contributed by atoms with van der Waals surface area (Å²) in [5, 5.41) is 11.5. The number of anilines is 2. The molecule has 0 saturated carbocycles. The minimum Gasteiger partial charge on any atom is -0.507 e. The maximum Gasteiger partial charge on any atom is 0.337 e. The van der Waals surface area contributed by atoms with Gasteiger partial charge in [-0.05, 0) is 60.2 Å². The van der Waals surface area contributed by atoms with Crippen LogP contribution >= 0.6 is 11.6 Å². The molecular weight excluding hydrogens is 496 g/mol. The maximum atomic E-state index is 13.3. The number of esters is 1. The van der Waals surface area contributed by atoms with Crippen molar-refractivity contribution in [1.29, 1.82) is 0 Å². The number of Topliss-reactive ketones (excluding diaryl/α,β-unsaturated/α-hetero) is 1. The van der Waals surface area contributed by atoms with Crippen LogP contribution in [0.3, 0.4) is 0 Å². The van der Waals surface area contributed by atoms with Crippen molar-refractivity contribution in [3.8, 4) is 5.75 Å². The van der Waals surface area contributed by atoms with E-state index in [1.54, 1.807) is 36.4 Å². The summed E-state index contributed by atoms with van der Waals surface area (Å²) in [7, 11) is 6.54. The largest absolute Gasteiger partial charge is 0.507 e. The molecule has 8 nitrogen and oxygen atoms in total. The van der Waals surface area contributed by atoms with Gasteiger partial charge >= 0.3 is 5.97 Å². The molecule has 0 radical (unpaired) electrons. The Balaban J connectivity index is 1.89. The van der Waals surface area contributed by atoms with Crippen molar-refractivity contribution < 1.29 is 29.0 Å². The number of aliphatic hydroxyl groups excluding tert-OH is 1. The van der Waals surface area contributed by atoms with E-state index < -0.39 is 23.7 Å². The van der Waals surface area contributed by atoms with Crippen LogP contribution < -0.4 is 14.5 Å². The molecule has 1 amide bonds. The number of aliphatic hydroxyl groups is 1. The molecule has 3 aromatic rings. The van der Waals surface area contributed by atoms with Gasteiger partial charge in [-0.25, -0.2) is 4.79 Å². The standard InChI is InChI=1S/C28H25ClN2O6/c1-30(2)19-10-5-16(6-11-19)24-23(25(32)18-9-14-22(36-3)21(29)15-18)26(33)27(34)31(24)20-12-7-17(8-13-20)28(35)37-4/h5-15,24,32H,1-4H3/b25-23-. The number of benzene rings is 3. The van der Waals surface area contributed by atoms with Gasteiger partial charge in [0.1, 0.15) is 11.5 Å². The number of methoxy groups -OCH3 is 2. The highest BCUT2D eigenvalue weighted by Crippen LogP contribution is 2.43. The Labute approximate surface area is 219 Å². The first-order valence-electron chi connectivity index (χ1n) is 11.3. The van der Waals surface area contributed by atoms with Crippen LogP contribution in [0.15, 0.2) is 72.3 Å². The summed E-state index contributed by atoms with van der Waals surface area (Å²) >= 11 is 6.26. The lowest BCUT2D eigenvalue weighted by molar-refractivity contribution is -0.132. The molecule has 3 aromatic carbocycles. The average Bonchev–Trinajstić information content (AvgIpc) is 3.17. The second kappa shape index (κ2) is 10.4. The lowest BCUT2D eigenvalue weighted by atomic mass is 9.94. The topological polar surface area (TPSA) is 96.4 Å². The first-order chi connectivity index (χ1) is 17.7. The quantitative estimate of drug-likeness (QED) is 0.215. The second-order valence-electron chi connectivity index (χ2n) is 8.54. The Morgan fingerprint density at radius 2 is 1.57 bits per heavy atom. The number of amides is 1. The molecule has 1 fully saturated rings. The van der Waals surface area contributed by atoms with Crippen LogP contribution in [0.2, 0.25) is 5.02 Å². The van der Waals surface area contributed by atoms with Gasteiger partial charge in [-0.3, -0.25) is 14.5 Å². The molecule has 0 aliphatic carbocycles. The predicted molar refractivity (Wildman–Crippen MR) is 141 cm³/mol. The van der Waals surface area contributed by atoms with Crippen molar-refractivity contribution in [1.82, 2.24) is 0 Å². The molecule has 0 bridgehead atoms. The zero-order valence-electron chi connectivity index (χ0n) is 20.7. The average molecular weight is 521 g/mol. The molecule has 1 N–H and O–H groups in total. The normalized spacial score (nSPS) is 16.6. The molecular formula is C28H25ClN2O6.